The molecule has 2 heterocycles. The van der Waals surface area contributed by atoms with Gasteiger partial charge in [-0.25, -0.2) is 13.4 Å². The SMILES string of the molecule is C[C@@H]1CC[C@H](NC(=O)CC[C@H](C)C(N)=O)[C@@H](O)CN1S(=O)(=O)c1ccccn1. The molecule has 1 aromatic rings. The number of carbonyl (C=O) groups excluding carboxylic acids is 2. The van der Waals surface area contributed by atoms with Crippen molar-refractivity contribution >= 4 is 21.8 Å². The highest BCUT2D eigenvalue weighted by atomic mass is 32.2. The van der Waals surface area contributed by atoms with Gasteiger partial charge in [-0.1, -0.05) is 13.0 Å². The summed E-state index contributed by atoms with van der Waals surface area (Å²) in [7, 11) is -3.85. The Labute approximate surface area is 165 Å². The van der Waals surface area contributed by atoms with E-state index in [1.165, 1.54) is 16.6 Å². The first kappa shape index (κ1) is 22.3. The lowest BCUT2D eigenvalue weighted by molar-refractivity contribution is -0.124. The summed E-state index contributed by atoms with van der Waals surface area (Å²) in [6.07, 6.45) is 1.70. The van der Waals surface area contributed by atoms with Crippen LogP contribution >= 0.6 is 0 Å². The molecule has 0 bridgehead atoms. The maximum Gasteiger partial charge on any atom is 0.260 e. The van der Waals surface area contributed by atoms with Crippen LogP contribution in [-0.2, 0) is 19.6 Å². The summed E-state index contributed by atoms with van der Waals surface area (Å²) < 4.78 is 27.0. The molecule has 2 amide bonds. The number of primary amides is 1. The first-order chi connectivity index (χ1) is 13.1. The fourth-order valence-electron chi connectivity index (χ4n) is 3.14. The van der Waals surface area contributed by atoms with Crippen LogP contribution in [0.3, 0.4) is 0 Å². The summed E-state index contributed by atoms with van der Waals surface area (Å²) in [5.74, 6) is -1.18. The van der Waals surface area contributed by atoms with Gasteiger partial charge in [0.25, 0.3) is 10.0 Å². The summed E-state index contributed by atoms with van der Waals surface area (Å²) in [5.41, 5.74) is 5.19. The van der Waals surface area contributed by atoms with Crippen molar-refractivity contribution in [1.82, 2.24) is 14.6 Å². The van der Waals surface area contributed by atoms with E-state index in [2.05, 4.69) is 10.3 Å². The summed E-state index contributed by atoms with van der Waals surface area (Å²) in [5, 5.41) is 13.2. The maximum atomic E-state index is 12.9. The van der Waals surface area contributed by atoms with Gasteiger partial charge in [-0.2, -0.15) is 4.31 Å². The number of nitrogens with two attached hydrogens (primary N) is 1. The van der Waals surface area contributed by atoms with Crippen molar-refractivity contribution in [3.63, 3.8) is 0 Å². The van der Waals surface area contributed by atoms with E-state index >= 15 is 0 Å². The maximum absolute atomic E-state index is 12.9. The number of aliphatic hydroxyl groups excluding tert-OH is 1. The number of amides is 2. The molecule has 10 heteroatoms. The van der Waals surface area contributed by atoms with Crippen molar-refractivity contribution in [3.8, 4) is 0 Å². The second-order valence-electron chi connectivity index (χ2n) is 7.25. The minimum absolute atomic E-state index is 0.0722. The van der Waals surface area contributed by atoms with Crippen LogP contribution in [0.1, 0.15) is 39.5 Å². The highest BCUT2D eigenvalue weighted by Crippen LogP contribution is 2.24. The molecule has 1 aromatic heterocycles. The third-order valence-corrected chi connectivity index (χ3v) is 6.96. The Kier molecular flexibility index (Phi) is 7.50. The minimum Gasteiger partial charge on any atom is -0.390 e. The number of hydrogen-bond donors (Lipinski definition) is 3. The average Bonchev–Trinajstić information content (AvgIpc) is 2.80. The van der Waals surface area contributed by atoms with E-state index in [9.17, 15) is 23.1 Å². The van der Waals surface area contributed by atoms with Crippen molar-refractivity contribution in [1.29, 1.82) is 0 Å². The topological polar surface area (TPSA) is 143 Å². The van der Waals surface area contributed by atoms with Gasteiger partial charge in [0.1, 0.15) is 0 Å². The van der Waals surface area contributed by atoms with E-state index in [1.807, 2.05) is 0 Å². The van der Waals surface area contributed by atoms with E-state index in [-0.39, 0.29) is 29.9 Å². The predicted octanol–water partition coefficient (Wildman–Crippen LogP) is 0.00190. The zero-order valence-corrected chi connectivity index (χ0v) is 16.9. The second kappa shape index (κ2) is 9.44. The number of aliphatic hydroxyl groups is 1. The number of nitrogens with zero attached hydrogens (tertiary/aromatic N) is 2. The molecule has 0 saturated carbocycles. The molecule has 156 valence electrons. The van der Waals surface area contributed by atoms with Gasteiger partial charge >= 0.3 is 0 Å². The largest absolute Gasteiger partial charge is 0.390 e. The highest BCUT2D eigenvalue weighted by molar-refractivity contribution is 7.89. The Hall–Kier alpha value is -2.04. The lowest BCUT2D eigenvalue weighted by Gasteiger charge is -2.27. The van der Waals surface area contributed by atoms with E-state index in [4.69, 9.17) is 5.73 Å². The Morgan fingerprint density at radius 2 is 2.11 bits per heavy atom. The van der Waals surface area contributed by atoms with E-state index in [0.29, 0.717) is 19.3 Å². The van der Waals surface area contributed by atoms with Crippen LogP contribution in [0.4, 0.5) is 0 Å². The van der Waals surface area contributed by atoms with Gasteiger partial charge in [-0.05, 0) is 38.3 Å². The number of nitrogens with one attached hydrogen (secondary N) is 1. The molecule has 0 aliphatic carbocycles. The number of β-amino-alcohol motifs (C(OH)–C–C–N with tert-alkyl or cyclic N) is 1. The molecule has 0 radical (unpaired) electrons. The van der Waals surface area contributed by atoms with Crippen LogP contribution in [0.5, 0.6) is 0 Å². The number of pyridine rings is 1. The van der Waals surface area contributed by atoms with Gasteiger partial charge in [-0.3, -0.25) is 9.59 Å². The van der Waals surface area contributed by atoms with Gasteiger partial charge < -0.3 is 16.2 Å². The van der Waals surface area contributed by atoms with Crippen LogP contribution in [0, 0.1) is 5.92 Å². The number of hydrogen-bond acceptors (Lipinski definition) is 6. The second-order valence-corrected chi connectivity index (χ2v) is 9.09. The third-order valence-electron chi connectivity index (χ3n) is 5.07. The Morgan fingerprint density at radius 1 is 1.39 bits per heavy atom. The summed E-state index contributed by atoms with van der Waals surface area (Å²) in [6, 6.07) is 3.72. The molecule has 4 N–H and O–H groups in total. The fraction of sp³-hybridized carbons (Fsp3) is 0.611. The van der Waals surface area contributed by atoms with Crippen molar-refractivity contribution < 1.29 is 23.1 Å². The van der Waals surface area contributed by atoms with Crippen molar-refractivity contribution in [2.45, 2.75) is 62.7 Å². The van der Waals surface area contributed by atoms with Crippen LogP contribution in [0.15, 0.2) is 29.4 Å². The Balaban J connectivity index is 2.04. The summed E-state index contributed by atoms with van der Waals surface area (Å²) in [6.45, 7) is 3.28. The minimum atomic E-state index is -3.85. The monoisotopic (exact) mass is 412 g/mol. The Bertz CT molecular complexity index is 786. The Morgan fingerprint density at radius 3 is 2.71 bits per heavy atom. The van der Waals surface area contributed by atoms with Gasteiger partial charge in [0, 0.05) is 31.1 Å². The lowest BCUT2D eigenvalue weighted by atomic mass is 10.0. The first-order valence-electron chi connectivity index (χ1n) is 9.32. The molecule has 2 rings (SSSR count). The molecule has 1 aliphatic heterocycles. The summed E-state index contributed by atoms with van der Waals surface area (Å²) in [4.78, 5) is 27.1. The lowest BCUT2D eigenvalue weighted by Crippen LogP contribution is -2.48. The molecule has 0 aromatic carbocycles. The van der Waals surface area contributed by atoms with Crippen LogP contribution in [0.2, 0.25) is 0 Å². The molecule has 0 unspecified atom stereocenters. The van der Waals surface area contributed by atoms with Gasteiger partial charge in [0.2, 0.25) is 11.8 Å². The van der Waals surface area contributed by atoms with Gasteiger partial charge in [-0.15, -0.1) is 0 Å². The molecule has 1 aliphatic rings. The number of aromatic nitrogens is 1. The molecule has 0 spiro atoms. The molecular weight excluding hydrogens is 384 g/mol. The average molecular weight is 413 g/mol. The van der Waals surface area contributed by atoms with Crippen molar-refractivity contribution in [3.05, 3.63) is 24.4 Å². The standard InChI is InChI=1S/C18H28N4O5S/c1-12(18(19)25)6-9-16(24)21-14-8-7-13(2)22(11-15(14)23)28(26,27)17-5-3-4-10-20-17/h3-5,10,12-15,23H,6-9,11H2,1-2H3,(H2,19,25)(H,21,24)/t12-,13+,14-,15-/m0/s1. The fourth-order valence-corrected chi connectivity index (χ4v) is 4.75. The quantitative estimate of drug-likeness (QED) is 0.575. The molecule has 4 atom stereocenters. The number of carbonyl (C=O) groups is 2. The van der Waals surface area contributed by atoms with Crippen LogP contribution < -0.4 is 11.1 Å². The molecule has 9 nitrogen and oxygen atoms in total. The smallest absolute Gasteiger partial charge is 0.260 e. The zero-order valence-electron chi connectivity index (χ0n) is 16.1. The van der Waals surface area contributed by atoms with E-state index in [1.54, 1.807) is 26.0 Å². The summed E-state index contributed by atoms with van der Waals surface area (Å²) >= 11 is 0. The highest BCUT2D eigenvalue weighted by Gasteiger charge is 2.37. The normalized spacial score (nSPS) is 24.9. The van der Waals surface area contributed by atoms with E-state index < -0.39 is 34.0 Å². The van der Waals surface area contributed by atoms with Crippen molar-refractivity contribution in [2.24, 2.45) is 11.7 Å². The molecule has 1 fully saturated rings. The number of rotatable bonds is 7. The van der Waals surface area contributed by atoms with E-state index in [0.717, 1.165) is 0 Å². The van der Waals surface area contributed by atoms with Crippen LogP contribution in [0.25, 0.3) is 0 Å². The third kappa shape index (κ3) is 5.49. The van der Waals surface area contributed by atoms with Crippen LogP contribution in [-0.4, -0.2) is 59.4 Å². The van der Waals surface area contributed by atoms with Crippen molar-refractivity contribution in [2.75, 3.05) is 6.54 Å². The van der Waals surface area contributed by atoms with Gasteiger partial charge in [0.05, 0.1) is 12.1 Å². The molecule has 28 heavy (non-hydrogen) atoms. The van der Waals surface area contributed by atoms with Gasteiger partial charge in [0.15, 0.2) is 5.03 Å². The molecular formula is C18H28N4O5S. The predicted molar refractivity (Wildman–Crippen MR) is 102 cm³/mol. The zero-order chi connectivity index (χ0) is 20.9. The number of sulfonamides is 1. The first-order valence-corrected chi connectivity index (χ1v) is 10.8. The molecule has 1 saturated heterocycles.